The van der Waals surface area contributed by atoms with Gasteiger partial charge in [0.05, 0.1) is 37.5 Å². The van der Waals surface area contributed by atoms with Gasteiger partial charge in [-0.1, -0.05) is 29.8 Å². The van der Waals surface area contributed by atoms with Crippen molar-refractivity contribution in [2.45, 2.75) is 46.2 Å². The van der Waals surface area contributed by atoms with Crippen LogP contribution in [0.3, 0.4) is 0 Å². The van der Waals surface area contributed by atoms with Crippen LogP contribution in [0.15, 0.2) is 57.7 Å². The van der Waals surface area contributed by atoms with E-state index >= 15 is 0 Å². The summed E-state index contributed by atoms with van der Waals surface area (Å²) in [4.78, 5) is 29.6. The largest absolute Gasteiger partial charge is 0.497 e. The molecule has 0 aliphatic heterocycles. The van der Waals surface area contributed by atoms with Gasteiger partial charge in [-0.3, -0.25) is 14.6 Å². The van der Waals surface area contributed by atoms with Crippen molar-refractivity contribution in [2.24, 2.45) is 15.2 Å². The van der Waals surface area contributed by atoms with Crippen molar-refractivity contribution < 1.29 is 14.3 Å². The molecule has 1 atom stereocenters. The Morgan fingerprint density at radius 3 is 2.40 bits per heavy atom. The molecule has 0 heterocycles. The molecule has 35 heavy (non-hydrogen) atoms. The average Bonchev–Trinajstić information content (AvgIpc) is 2.81. The molecule has 2 aromatic rings. The van der Waals surface area contributed by atoms with Crippen LogP contribution in [-0.4, -0.2) is 55.7 Å². The lowest BCUT2D eigenvalue weighted by atomic mass is 9.96. The Hall–Kier alpha value is -3.52. The number of carbonyl (C=O) groups is 2. The van der Waals surface area contributed by atoms with E-state index in [0.29, 0.717) is 22.2 Å². The lowest BCUT2D eigenvalue weighted by Gasteiger charge is -2.17. The summed E-state index contributed by atoms with van der Waals surface area (Å²) < 4.78 is 5.43. The molecule has 2 N–H and O–H groups in total. The van der Waals surface area contributed by atoms with Gasteiger partial charge in [0.15, 0.2) is 0 Å². The summed E-state index contributed by atoms with van der Waals surface area (Å²) in [7, 11) is 1.60. The summed E-state index contributed by atoms with van der Waals surface area (Å²) in [5.74, 6) is 0.0744. The zero-order valence-corrected chi connectivity index (χ0v) is 21.5. The lowest BCUT2D eigenvalue weighted by molar-refractivity contribution is -0.126. The number of hydrogen-bond donors (Lipinski definition) is 2. The van der Waals surface area contributed by atoms with Crippen LogP contribution < -0.4 is 15.4 Å². The molecule has 0 aliphatic carbocycles. The Labute approximate surface area is 211 Å². The molecule has 0 aromatic heterocycles. The fourth-order valence-electron chi connectivity index (χ4n) is 3.31. The summed E-state index contributed by atoms with van der Waals surface area (Å²) in [5, 5.41) is 13.6. The van der Waals surface area contributed by atoms with Gasteiger partial charge in [-0.2, -0.15) is 10.2 Å². The maximum Gasteiger partial charge on any atom is 0.239 e. The molecule has 2 amide bonds. The molecule has 2 rings (SSSR count). The normalized spacial score (nSPS) is 12.8. The highest BCUT2D eigenvalue weighted by Crippen LogP contribution is 2.23. The van der Waals surface area contributed by atoms with Crippen LogP contribution in [0, 0.1) is 6.92 Å². The maximum absolute atomic E-state index is 12.7. The van der Waals surface area contributed by atoms with Gasteiger partial charge in [0.1, 0.15) is 5.75 Å². The van der Waals surface area contributed by atoms with Crippen LogP contribution in [0.4, 0.5) is 0 Å². The van der Waals surface area contributed by atoms with E-state index in [2.05, 4.69) is 27.6 Å². The zero-order valence-electron chi connectivity index (χ0n) is 20.8. The Kier molecular flexibility index (Phi) is 10.6. The molecule has 0 fully saturated rings. The number of benzene rings is 2. The molecule has 9 heteroatoms. The molecular weight excluding hydrogens is 466 g/mol. The third-order valence-corrected chi connectivity index (χ3v) is 5.34. The molecule has 0 bridgehead atoms. The minimum absolute atomic E-state index is 0.0159. The number of nitrogens with zero attached hydrogens (tertiary/aromatic N) is 3. The highest BCUT2D eigenvalue weighted by atomic mass is 35.5. The number of amides is 2. The number of aliphatic imine (C=N–C) groups is 1. The molecule has 0 saturated heterocycles. The first-order valence-electron chi connectivity index (χ1n) is 11.2. The van der Waals surface area contributed by atoms with Crippen LogP contribution >= 0.6 is 11.6 Å². The van der Waals surface area contributed by atoms with E-state index in [0.717, 1.165) is 16.7 Å². The maximum atomic E-state index is 12.7. The average molecular weight is 498 g/mol. The van der Waals surface area contributed by atoms with Crippen LogP contribution in [-0.2, 0) is 9.59 Å². The molecule has 8 nitrogen and oxygen atoms in total. The predicted molar refractivity (Wildman–Crippen MR) is 142 cm³/mol. The van der Waals surface area contributed by atoms with Gasteiger partial charge >= 0.3 is 0 Å². The first-order chi connectivity index (χ1) is 16.6. The summed E-state index contributed by atoms with van der Waals surface area (Å²) in [6.45, 7) is 10.7. The van der Waals surface area contributed by atoms with Gasteiger partial charge < -0.3 is 15.4 Å². The summed E-state index contributed by atoms with van der Waals surface area (Å²) >= 11 is 6.12. The molecule has 186 valence electrons. The first kappa shape index (κ1) is 27.7. The van der Waals surface area contributed by atoms with Crippen molar-refractivity contribution in [3.05, 3.63) is 64.2 Å². The summed E-state index contributed by atoms with van der Waals surface area (Å²) in [6.07, 6.45) is -0.0279. The Balaban J connectivity index is 2.49. The van der Waals surface area contributed by atoms with Gasteiger partial charge in [0, 0.05) is 28.9 Å². The molecule has 0 spiro atoms. The second-order valence-corrected chi connectivity index (χ2v) is 8.70. The Morgan fingerprint density at radius 2 is 1.80 bits per heavy atom. The smallest absolute Gasteiger partial charge is 0.239 e. The van der Waals surface area contributed by atoms with E-state index in [9.17, 15) is 9.59 Å². The number of nitrogens with one attached hydrogen (secondary N) is 2. The number of halogens is 1. The van der Waals surface area contributed by atoms with E-state index in [-0.39, 0.29) is 30.8 Å². The molecule has 0 unspecified atom stereocenters. The van der Waals surface area contributed by atoms with Crippen molar-refractivity contribution in [3.8, 4) is 5.75 Å². The minimum Gasteiger partial charge on any atom is -0.497 e. The van der Waals surface area contributed by atoms with E-state index < -0.39 is 6.04 Å². The topological polar surface area (TPSA) is 105 Å². The van der Waals surface area contributed by atoms with Gasteiger partial charge in [-0.05, 0) is 57.5 Å². The summed E-state index contributed by atoms with van der Waals surface area (Å²) in [6, 6.07) is 12.3. The van der Waals surface area contributed by atoms with Crippen molar-refractivity contribution in [3.63, 3.8) is 0 Å². The van der Waals surface area contributed by atoms with E-state index in [1.54, 1.807) is 26.2 Å². The zero-order chi connectivity index (χ0) is 26.0. The second-order valence-electron chi connectivity index (χ2n) is 8.27. The lowest BCUT2D eigenvalue weighted by Crippen LogP contribution is -2.41. The number of aryl methyl sites for hydroxylation is 1. The standard InChI is InChI=1S/C26H32ClN5O3/c1-16(2)30-25(34)15-29-24(33)14-23(18(4)32-28-5)31-26(19-8-10-20(27)11-9-19)22-13-21(35-6)12-7-17(22)3/h7-13,16,23H,5,14-15H2,1-4,6H3,(H,29,33)(H,30,34)/b31-26?,32-18+/t23-/m0/s1. The fraction of sp³-hybridized carbons (Fsp3) is 0.346. The minimum atomic E-state index is -0.648. The highest BCUT2D eigenvalue weighted by molar-refractivity contribution is 6.30. The van der Waals surface area contributed by atoms with Crippen LogP contribution in [0.5, 0.6) is 5.75 Å². The quantitative estimate of drug-likeness (QED) is 0.362. The van der Waals surface area contributed by atoms with E-state index in [4.69, 9.17) is 21.3 Å². The SMILES string of the molecule is C=N/N=C(\C)[C@H](CC(=O)NCC(=O)NC(C)C)N=C(c1ccc(Cl)cc1)c1cc(OC)ccc1C. The Morgan fingerprint density at radius 1 is 1.11 bits per heavy atom. The first-order valence-corrected chi connectivity index (χ1v) is 11.6. The van der Waals surface area contributed by atoms with Crippen molar-refractivity contribution in [2.75, 3.05) is 13.7 Å². The molecular formula is C26H32ClN5O3. The predicted octanol–water partition coefficient (Wildman–Crippen LogP) is 3.97. The molecule has 2 aromatic carbocycles. The number of methoxy groups -OCH3 is 1. The highest BCUT2D eigenvalue weighted by Gasteiger charge is 2.21. The van der Waals surface area contributed by atoms with Crippen LogP contribution in [0.1, 0.15) is 43.9 Å². The third kappa shape index (κ3) is 8.64. The molecule has 0 radical (unpaired) electrons. The van der Waals surface area contributed by atoms with Gasteiger partial charge in [0.2, 0.25) is 11.8 Å². The number of carbonyl (C=O) groups excluding carboxylic acids is 2. The summed E-state index contributed by atoms with van der Waals surface area (Å²) in [5.41, 5.74) is 3.78. The second kappa shape index (κ2) is 13.4. The van der Waals surface area contributed by atoms with Crippen LogP contribution in [0.2, 0.25) is 5.02 Å². The van der Waals surface area contributed by atoms with Gasteiger partial charge in [-0.25, -0.2) is 0 Å². The van der Waals surface area contributed by atoms with Crippen molar-refractivity contribution in [1.82, 2.24) is 10.6 Å². The molecule has 0 aliphatic rings. The monoisotopic (exact) mass is 497 g/mol. The van der Waals surface area contributed by atoms with Crippen molar-refractivity contribution >= 4 is 41.6 Å². The number of ether oxygens (including phenoxy) is 1. The molecule has 0 saturated carbocycles. The number of rotatable bonds is 11. The van der Waals surface area contributed by atoms with E-state index in [1.807, 2.05) is 51.1 Å². The van der Waals surface area contributed by atoms with E-state index in [1.165, 1.54) is 0 Å². The van der Waals surface area contributed by atoms with Gasteiger partial charge in [0.25, 0.3) is 0 Å². The fourth-order valence-corrected chi connectivity index (χ4v) is 3.44. The third-order valence-electron chi connectivity index (χ3n) is 5.09. The van der Waals surface area contributed by atoms with Gasteiger partial charge in [-0.15, -0.1) is 0 Å². The van der Waals surface area contributed by atoms with Crippen molar-refractivity contribution in [1.29, 1.82) is 0 Å². The number of hydrogen-bond acceptors (Lipinski definition) is 6. The Bertz CT molecular complexity index is 1110. The van der Waals surface area contributed by atoms with Crippen LogP contribution in [0.25, 0.3) is 0 Å².